The van der Waals surface area contributed by atoms with E-state index < -0.39 is 0 Å². The van der Waals surface area contributed by atoms with Crippen LogP contribution in [0, 0.1) is 0 Å². The van der Waals surface area contributed by atoms with Crippen molar-refractivity contribution in [1.82, 2.24) is 0 Å². The first-order valence-corrected chi connectivity index (χ1v) is 5.22. The van der Waals surface area contributed by atoms with E-state index in [1.54, 1.807) is 7.11 Å². The van der Waals surface area contributed by atoms with E-state index in [-0.39, 0.29) is 0 Å². The molecule has 76 valence electrons. The number of ether oxygens (including phenoxy) is 1. The summed E-state index contributed by atoms with van der Waals surface area (Å²) in [7, 11) is 1.70. The Balaban J connectivity index is 2.16. The molecule has 2 rings (SSSR count). The lowest BCUT2D eigenvalue weighted by Crippen LogP contribution is -2.25. The van der Waals surface area contributed by atoms with Gasteiger partial charge < -0.3 is 9.64 Å². The number of hydrogen-bond donors (Lipinski definition) is 0. The van der Waals surface area contributed by atoms with E-state index in [4.69, 9.17) is 4.74 Å². The molecule has 1 aliphatic heterocycles. The fourth-order valence-corrected chi connectivity index (χ4v) is 2.09. The summed E-state index contributed by atoms with van der Waals surface area (Å²) in [6, 6.07) is 9.02. The molecular formula is C12H17NO. The predicted molar refractivity (Wildman–Crippen MR) is 59.0 cm³/mol. The minimum atomic E-state index is 0.684. The Labute approximate surface area is 85.5 Å². The minimum absolute atomic E-state index is 0.684. The number of nitrogens with zero attached hydrogens (tertiary/aromatic N) is 1. The number of hydrogen-bond acceptors (Lipinski definition) is 2. The predicted octanol–water partition coefficient (Wildman–Crippen LogP) is 2.68. The molecule has 1 aliphatic rings. The molecule has 2 nitrogen and oxygen atoms in total. The first kappa shape index (κ1) is 9.38. The molecule has 0 aromatic heterocycles. The topological polar surface area (TPSA) is 12.5 Å². The monoisotopic (exact) mass is 191 g/mol. The molecule has 1 saturated heterocycles. The van der Waals surface area contributed by atoms with E-state index >= 15 is 0 Å². The van der Waals surface area contributed by atoms with Crippen LogP contribution in [0.4, 0.5) is 5.69 Å². The van der Waals surface area contributed by atoms with Crippen molar-refractivity contribution in [2.75, 3.05) is 18.6 Å². The lowest BCUT2D eigenvalue weighted by molar-refractivity contribution is 0.415. The van der Waals surface area contributed by atoms with Gasteiger partial charge in [-0.1, -0.05) is 0 Å². The number of anilines is 1. The van der Waals surface area contributed by atoms with Crippen molar-refractivity contribution >= 4 is 5.69 Å². The lowest BCUT2D eigenvalue weighted by atomic mass is 10.2. The van der Waals surface area contributed by atoms with Gasteiger partial charge in [0.2, 0.25) is 0 Å². The van der Waals surface area contributed by atoms with Crippen LogP contribution in [0.2, 0.25) is 0 Å². The second kappa shape index (κ2) is 3.91. The van der Waals surface area contributed by atoms with Crippen LogP contribution in [-0.2, 0) is 0 Å². The fourth-order valence-electron chi connectivity index (χ4n) is 2.09. The van der Waals surface area contributed by atoms with Crippen molar-refractivity contribution in [2.24, 2.45) is 0 Å². The van der Waals surface area contributed by atoms with Crippen molar-refractivity contribution in [1.29, 1.82) is 0 Å². The van der Waals surface area contributed by atoms with E-state index in [0.717, 1.165) is 5.75 Å². The third-order valence-electron chi connectivity index (χ3n) is 2.96. The van der Waals surface area contributed by atoms with Gasteiger partial charge in [-0.15, -0.1) is 0 Å². The summed E-state index contributed by atoms with van der Waals surface area (Å²) in [6.07, 6.45) is 2.62. The van der Waals surface area contributed by atoms with Crippen LogP contribution in [0.15, 0.2) is 24.3 Å². The third-order valence-corrected chi connectivity index (χ3v) is 2.96. The highest BCUT2D eigenvalue weighted by Gasteiger charge is 2.19. The van der Waals surface area contributed by atoms with Gasteiger partial charge in [-0.2, -0.15) is 0 Å². The molecule has 1 aromatic carbocycles. The zero-order chi connectivity index (χ0) is 9.97. The Bertz CT molecular complexity index is 294. The highest BCUT2D eigenvalue weighted by atomic mass is 16.5. The molecular weight excluding hydrogens is 174 g/mol. The molecule has 0 bridgehead atoms. The van der Waals surface area contributed by atoms with E-state index in [2.05, 4.69) is 24.0 Å². The largest absolute Gasteiger partial charge is 0.497 e. The maximum Gasteiger partial charge on any atom is 0.119 e. The number of benzene rings is 1. The van der Waals surface area contributed by atoms with Crippen LogP contribution in [0.3, 0.4) is 0 Å². The van der Waals surface area contributed by atoms with E-state index in [1.807, 2.05) is 12.1 Å². The van der Waals surface area contributed by atoms with Gasteiger partial charge in [-0.05, 0) is 44.0 Å². The molecule has 0 saturated carbocycles. The smallest absolute Gasteiger partial charge is 0.119 e. The van der Waals surface area contributed by atoms with Crippen molar-refractivity contribution in [3.05, 3.63) is 24.3 Å². The Morgan fingerprint density at radius 2 is 2.00 bits per heavy atom. The normalized spacial score (nSPS) is 21.3. The van der Waals surface area contributed by atoms with Crippen molar-refractivity contribution in [3.8, 4) is 5.75 Å². The highest BCUT2D eigenvalue weighted by Crippen LogP contribution is 2.26. The van der Waals surface area contributed by atoms with Gasteiger partial charge in [0.25, 0.3) is 0 Å². The molecule has 0 spiro atoms. The molecule has 0 N–H and O–H groups in total. The van der Waals surface area contributed by atoms with Crippen LogP contribution in [0.1, 0.15) is 19.8 Å². The van der Waals surface area contributed by atoms with Crippen LogP contribution < -0.4 is 9.64 Å². The van der Waals surface area contributed by atoms with Crippen LogP contribution in [0.25, 0.3) is 0 Å². The first-order valence-electron chi connectivity index (χ1n) is 5.22. The Morgan fingerprint density at radius 3 is 2.50 bits per heavy atom. The summed E-state index contributed by atoms with van der Waals surface area (Å²) in [5, 5.41) is 0. The van der Waals surface area contributed by atoms with Crippen LogP contribution >= 0.6 is 0 Å². The molecule has 1 heterocycles. The summed E-state index contributed by atoms with van der Waals surface area (Å²) < 4.78 is 5.14. The first-order chi connectivity index (χ1) is 6.81. The second-order valence-corrected chi connectivity index (χ2v) is 3.88. The van der Waals surface area contributed by atoms with Gasteiger partial charge in [0.15, 0.2) is 0 Å². The average molecular weight is 191 g/mol. The summed E-state index contributed by atoms with van der Waals surface area (Å²) in [5.41, 5.74) is 1.32. The van der Waals surface area contributed by atoms with E-state index in [1.165, 1.54) is 25.1 Å². The highest BCUT2D eigenvalue weighted by molar-refractivity contribution is 5.50. The Morgan fingerprint density at radius 1 is 1.29 bits per heavy atom. The van der Waals surface area contributed by atoms with E-state index in [0.29, 0.717) is 6.04 Å². The Hall–Kier alpha value is -1.18. The molecule has 0 amide bonds. The van der Waals surface area contributed by atoms with Gasteiger partial charge >= 0.3 is 0 Å². The van der Waals surface area contributed by atoms with Crippen LogP contribution in [0.5, 0.6) is 5.75 Å². The quantitative estimate of drug-likeness (QED) is 0.712. The average Bonchev–Trinajstić information content (AvgIpc) is 2.65. The zero-order valence-corrected chi connectivity index (χ0v) is 8.86. The summed E-state index contributed by atoms with van der Waals surface area (Å²) in [4.78, 5) is 2.46. The summed E-state index contributed by atoms with van der Waals surface area (Å²) in [6.45, 7) is 3.48. The second-order valence-electron chi connectivity index (χ2n) is 3.88. The molecule has 1 unspecified atom stereocenters. The SMILES string of the molecule is COc1ccc(N2CCCC2C)cc1. The maximum atomic E-state index is 5.14. The summed E-state index contributed by atoms with van der Waals surface area (Å²) >= 11 is 0. The van der Waals surface area contributed by atoms with Crippen LogP contribution in [-0.4, -0.2) is 19.7 Å². The molecule has 0 aliphatic carbocycles. The zero-order valence-electron chi connectivity index (χ0n) is 8.86. The van der Waals surface area contributed by atoms with Gasteiger partial charge in [0.1, 0.15) is 5.75 Å². The maximum absolute atomic E-state index is 5.14. The van der Waals surface area contributed by atoms with Gasteiger partial charge in [-0.25, -0.2) is 0 Å². The minimum Gasteiger partial charge on any atom is -0.497 e. The van der Waals surface area contributed by atoms with Crippen molar-refractivity contribution in [2.45, 2.75) is 25.8 Å². The van der Waals surface area contributed by atoms with Gasteiger partial charge in [0.05, 0.1) is 7.11 Å². The molecule has 0 radical (unpaired) electrons. The number of rotatable bonds is 2. The molecule has 1 aromatic rings. The van der Waals surface area contributed by atoms with Crippen molar-refractivity contribution in [3.63, 3.8) is 0 Å². The van der Waals surface area contributed by atoms with E-state index in [9.17, 15) is 0 Å². The van der Waals surface area contributed by atoms with Gasteiger partial charge in [0, 0.05) is 18.3 Å². The molecule has 2 heteroatoms. The standard InChI is InChI=1S/C12H17NO/c1-10-4-3-9-13(10)11-5-7-12(14-2)8-6-11/h5-8,10H,3-4,9H2,1-2H3. The Kier molecular flexibility index (Phi) is 2.62. The molecule has 1 atom stereocenters. The lowest BCUT2D eigenvalue weighted by Gasteiger charge is -2.23. The fraction of sp³-hybridized carbons (Fsp3) is 0.500. The third kappa shape index (κ3) is 1.69. The van der Waals surface area contributed by atoms with Crippen molar-refractivity contribution < 1.29 is 4.74 Å². The molecule has 1 fully saturated rings. The number of methoxy groups -OCH3 is 1. The molecule has 14 heavy (non-hydrogen) atoms. The summed E-state index contributed by atoms with van der Waals surface area (Å²) in [5.74, 6) is 0.931. The van der Waals surface area contributed by atoms with Gasteiger partial charge in [-0.3, -0.25) is 0 Å².